The van der Waals surface area contributed by atoms with Crippen molar-refractivity contribution in [3.8, 4) is 0 Å². The largest absolute Gasteiger partial charge is 0.444 e. The first-order valence-electron chi connectivity index (χ1n) is 5.54. The van der Waals surface area contributed by atoms with Crippen molar-refractivity contribution in [3.63, 3.8) is 0 Å². The summed E-state index contributed by atoms with van der Waals surface area (Å²) < 4.78 is 5.08. The van der Waals surface area contributed by atoms with Gasteiger partial charge >= 0.3 is 6.09 Å². The Hall–Kier alpha value is -1.03. The molecule has 0 radical (unpaired) electrons. The maximum Gasteiger partial charge on any atom is 0.407 e. The fourth-order valence-corrected chi connectivity index (χ4v) is 1.13. The summed E-state index contributed by atoms with van der Waals surface area (Å²) in [5.41, 5.74) is -0.518. The van der Waals surface area contributed by atoms with Crippen LogP contribution in [0.4, 0.5) is 4.79 Å². The van der Waals surface area contributed by atoms with Crippen LogP contribution < -0.4 is 5.32 Å². The molecule has 0 bridgehead atoms. The lowest BCUT2D eigenvalue weighted by Crippen LogP contribution is -2.43. The lowest BCUT2D eigenvalue weighted by Gasteiger charge is -2.24. The number of ether oxygens (including phenoxy) is 1. The zero-order valence-corrected chi connectivity index (χ0v) is 10.6. The van der Waals surface area contributed by atoms with Crippen molar-refractivity contribution < 1.29 is 14.6 Å². The van der Waals surface area contributed by atoms with Gasteiger partial charge in [0.25, 0.3) is 0 Å². The Kier molecular flexibility index (Phi) is 6.11. The molecule has 0 spiro atoms. The number of alkyl carbamates (subject to hydrolysis) is 1. The van der Waals surface area contributed by atoms with Crippen LogP contribution in [0.2, 0.25) is 0 Å². The molecule has 0 aliphatic rings. The number of amides is 1. The standard InChI is InChI=1S/C12H23NO3/c1-6-7-8-10(14)9(2)13-11(15)16-12(3,4)5/h6,9-10,14H,1,7-8H2,2-5H3,(H,13,15)/t9-,10+/m1/s1. The third-order valence-electron chi connectivity index (χ3n) is 1.99. The van der Waals surface area contributed by atoms with Gasteiger partial charge in [-0.15, -0.1) is 6.58 Å². The van der Waals surface area contributed by atoms with Crippen molar-refractivity contribution in [2.45, 2.75) is 58.3 Å². The second-order valence-corrected chi connectivity index (χ2v) is 4.87. The maximum atomic E-state index is 11.4. The van der Waals surface area contributed by atoms with Gasteiger partial charge in [-0.2, -0.15) is 0 Å². The van der Waals surface area contributed by atoms with Gasteiger partial charge in [0.1, 0.15) is 5.60 Å². The van der Waals surface area contributed by atoms with Gasteiger partial charge in [0, 0.05) is 0 Å². The SMILES string of the molecule is C=CCC[C@H](O)[C@@H](C)NC(=O)OC(C)(C)C. The summed E-state index contributed by atoms with van der Waals surface area (Å²) in [6.07, 6.45) is 1.97. The van der Waals surface area contributed by atoms with E-state index in [1.165, 1.54) is 0 Å². The van der Waals surface area contributed by atoms with E-state index in [1.807, 2.05) is 0 Å². The summed E-state index contributed by atoms with van der Waals surface area (Å²) in [4.78, 5) is 11.4. The zero-order valence-electron chi connectivity index (χ0n) is 10.6. The smallest absolute Gasteiger partial charge is 0.407 e. The molecule has 0 aromatic rings. The zero-order chi connectivity index (χ0) is 12.8. The second-order valence-electron chi connectivity index (χ2n) is 4.87. The van der Waals surface area contributed by atoms with Gasteiger partial charge in [-0.3, -0.25) is 0 Å². The molecule has 0 saturated carbocycles. The first-order chi connectivity index (χ1) is 7.26. The monoisotopic (exact) mass is 229 g/mol. The number of hydrogen-bond acceptors (Lipinski definition) is 3. The molecule has 4 heteroatoms. The summed E-state index contributed by atoms with van der Waals surface area (Å²) in [7, 11) is 0. The summed E-state index contributed by atoms with van der Waals surface area (Å²) in [5.74, 6) is 0. The predicted octanol–water partition coefficient (Wildman–Crippen LogP) is 2.23. The van der Waals surface area contributed by atoms with E-state index in [0.29, 0.717) is 6.42 Å². The third kappa shape index (κ3) is 7.29. The van der Waals surface area contributed by atoms with E-state index in [4.69, 9.17) is 4.74 Å². The lowest BCUT2D eigenvalue weighted by molar-refractivity contribution is 0.0430. The number of allylic oxidation sites excluding steroid dienone is 1. The van der Waals surface area contributed by atoms with Gasteiger partial charge < -0.3 is 15.2 Å². The van der Waals surface area contributed by atoms with Crippen molar-refractivity contribution in [2.24, 2.45) is 0 Å². The average molecular weight is 229 g/mol. The Morgan fingerprint density at radius 2 is 2.12 bits per heavy atom. The van der Waals surface area contributed by atoms with Crippen LogP contribution in [0.15, 0.2) is 12.7 Å². The number of carbonyl (C=O) groups is 1. The molecular weight excluding hydrogens is 206 g/mol. The molecule has 2 atom stereocenters. The normalized spacial score (nSPS) is 15.1. The minimum atomic E-state index is -0.578. The van der Waals surface area contributed by atoms with Crippen LogP contribution in [0.1, 0.15) is 40.5 Å². The second kappa shape index (κ2) is 6.53. The van der Waals surface area contributed by atoms with E-state index in [1.54, 1.807) is 33.8 Å². The highest BCUT2D eigenvalue weighted by atomic mass is 16.6. The van der Waals surface area contributed by atoms with Crippen LogP contribution in [0.3, 0.4) is 0 Å². The van der Waals surface area contributed by atoms with Gasteiger partial charge in [-0.25, -0.2) is 4.79 Å². The Morgan fingerprint density at radius 3 is 2.56 bits per heavy atom. The van der Waals surface area contributed by atoms with Gasteiger partial charge in [-0.05, 0) is 40.5 Å². The molecule has 2 N–H and O–H groups in total. The third-order valence-corrected chi connectivity index (χ3v) is 1.99. The number of hydrogen-bond donors (Lipinski definition) is 2. The molecular formula is C12H23NO3. The van der Waals surface area contributed by atoms with E-state index in [-0.39, 0.29) is 6.04 Å². The topological polar surface area (TPSA) is 58.6 Å². The minimum Gasteiger partial charge on any atom is -0.444 e. The molecule has 0 rings (SSSR count). The number of nitrogens with one attached hydrogen (secondary N) is 1. The molecule has 16 heavy (non-hydrogen) atoms. The number of aliphatic hydroxyl groups is 1. The fraction of sp³-hybridized carbons (Fsp3) is 0.750. The molecule has 0 heterocycles. The highest BCUT2D eigenvalue weighted by Crippen LogP contribution is 2.08. The number of carbonyl (C=O) groups excluding carboxylic acids is 1. The summed E-state index contributed by atoms with van der Waals surface area (Å²) in [5, 5.41) is 12.3. The number of rotatable bonds is 5. The van der Waals surface area contributed by atoms with Crippen LogP contribution >= 0.6 is 0 Å². The average Bonchev–Trinajstić information content (AvgIpc) is 2.10. The van der Waals surface area contributed by atoms with E-state index >= 15 is 0 Å². The van der Waals surface area contributed by atoms with Crippen molar-refractivity contribution in [3.05, 3.63) is 12.7 Å². The highest BCUT2D eigenvalue weighted by molar-refractivity contribution is 5.68. The van der Waals surface area contributed by atoms with E-state index in [9.17, 15) is 9.90 Å². The van der Waals surface area contributed by atoms with Crippen LogP contribution in [-0.2, 0) is 4.74 Å². The van der Waals surface area contributed by atoms with Gasteiger partial charge in [0.05, 0.1) is 12.1 Å². The van der Waals surface area contributed by atoms with Crippen LogP contribution in [0.25, 0.3) is 0 Å². The Morgan fingerprint density at radius 1 is 1.56 bits per heavy atom. The Labute approximate surface area is 97.7 Å². The van der Waals surface area contributed by atoms with Crippen LogP contribution in [0, 0.1) is 0 Å². The first kappa shape index (κ1) is 15.0. The maximum absolute atomic E-state index is 11.4. The van der Waals surface area contributed by atoms with E-state index < -0.39 is 17.8 Å². The van der Waals surface area contributed by atoms with Gasteiger partial charge in [-0.1, -0.05) is 6.08 Å². The predicted molar refractivity (Wildman–Crippen MR) is 64.3 cm³/mol. The molecule has 0 unspecified atom stereocenters. The summed E-state index contributed by atoms with van der Waals surface area (Å²) in [6.45, 7) is 10.7. The van der Waals surface area contributed by atoms with Crippen molar-refractivity contribution >= 4 is 6.09 Å². The van der Waals surface area contributed by atoms with Gasteiger partial charge in [0.2, 0.25) is 0 Å². The summed E-state index contributed by atoms with van der Waals surface area (Å²) >= 11 is 0. The van der Waals surface area contributed by atoms with Crippen molar-refractivity contribution in [2.75, 3.05) is 0 Å². The van der Waals surface area contributed by atoms with Crippen molar-refractivity contribution in [1.29, 1.82) is 0 Å². The van der Waals surface area contributed by atoms with Crippen LogP contribution in [0.5, 0.6) is 0 Å². The molecule has 1 amide bonds. The molecule has 0 aromatic carbocycles. The molecule has 0 saturated heterocycles. The summed E-state index contributed by atoms with van der Waals surface area (Å²) in [6, 6.07) is -0.324. The Bertz CT molecular complexity index is 233. The van der Waals surface area contributed by atoms with Crippen molar-refractivity contribution in [1.82, 2.24) is 5.32 Å². The first-order valence-corrected chi connectivity index (χ1v) is 5.54. The van der Waals surface area contributed by atoms with Gasteiger partial charge in [0.15, 0.2) is 0 Å². The van der Waals surface area contributed by atoms with Crippen LogP contribution in [-0.4, -0.2) is 28.9 Å². The molecule has 0 fully saturated rings. The lowest BCUT2D eigenvalue weighted by atomic mass is 10.1. The molecule has 0 aliphatic heterocycles. The molecule has 94 valence electrons. The number of aliphatic hydroxyl groups excluding tert-OH is 1. The minimum absolute atomic E-state index is 0.324. The quantitative estimate of drug-likeness (QED) is 0.711. The van der Waals surface area contributed by atoms with E-state index in [0.717, 1.165) is 6.42 Å². The fourth-order valence-electron chi connectivity index (χ4n) is 1.13. The molecule has 0 aromatic heterocycles. The molecule has 4 nitrogen and oxygen atoms in total. The van der Waals surface area contributed by atoms with E-state index in [2.05, 4.69) is 11.9 Å². The molecule has 0 aliphatic carbocycles. The Balaban J connectivity index is 3.98. The highest BCUT2D eigenvalue weighted by Gasteiger charge is 2.20.